The Morgan fingerprint density at radius 3 is 2.31 bits per heavy atom. The fourth-order valence-corrected chi connectivity index (χ4v) is 3.22. The number of amides is 2. The maximum Gasteiger partial charge on any atom is 0.251 e. The summed E-state index contributed by atoms with van der Waals surface area (Å²) in [6, 6.07) is 18.0. The molecule has 1 unspecified atom stereocenters. The van der Waals surface area contributed by atoms with Gasteiger partial charge in [-0.15, -0.1) is 11.3 Å². The van der Waals surface area contributed by atoms with Gasteiger partial charge < -0.3 is 10.6 Å². The van der Waals surface area contributed by atoms with Crippen LogP contribution in [0.25, 0.3) is 0 Å². The summed E-state index contributed by atoms with van der Waals surface area (Å²) in [6.45, 7) is 1.93. The van der Waals surface area contributed by atoms with E-state index in [0.29, 0.717) is 10.7 Å². The highest BCUT2D eigenvalue weighted by atomic mass is 32.1. The second kappa shape index (κ2) is 8.40. The Labute approximate surface area is 156 Å². The molecule has 5 nitrogen and oxygen atoms in total. The Bertz CT molecular complexity index is 878. The average Bonchev–Trinajstić information content (AvgIpc) is 3.07. The maximum absolute atomic E-state index is 12.5. The number of carbonyl (C=O) groups excluding carboxylic acids is 2. The molecule has 0 saturated carbocycles. The lowest BCUT2D eigenvalue weighted by Gasteiger charge is -2.19. The molecule has 0 aliphatic heterocycles. The molecular formula is C20H19N3O2S. The van der Waals surface area contributed by atoms with E-state index in [9.17, 15) is 9.59 Å². The first-order chi connectivity index (χ1) is 12.6. The number of carbonyl (C=O) groups is 2. The van der Waals surface area contributed by atoms with E-state index in [2.05, 4.69) is 15.6 Å². The second-order valence-corrected chi connectivity index (χ2v) is 7.07. The molecule has 0 bridgehead atoms. The molecule has 0 radical (unpaired) electrons. The molecule has 3 rings (SSSR count). The topological polar surface area (TPSA) is 71.1 Å². The quantitative estimate of drug-likeness (QED) is 0.695. The molecule has 26 heavy (non-hydrogen) atoms. The van der Waals surface area contributed by atoms with Crippen LogP contribution >= 0.6 is 11.3 Å². The molecule has 0 aliphatic rings. The van der Waals surface area contributed by atoms with Crippen molar-refractivity contribution in [2.75, 3.05) is 5.32 Å². The summed E-state index contributed by atoms with van der Waals surface area (Å²) in [6.07, 6.45) is 1.84. The summed E-state index contributed by atoms with van der Waals surface area (Å²) in [5, 5.41) is 6.31. The summed E-state index contributed by atoms with van der Waals surface area (Å²) in [5.41, 5.74) is 1.44. The fraction of sp³-hybridized carbons (Fsp3) is 0.150. The first-order valence-corrected chi connectivity index (χ1v) is 9.06. The van der Waals surface area contributed by atoms with Gasteiger partial charge >= 0.3 is 0 Å². The first-order valence-electron chi connectivity index (χ1n) is 8.25. The fourth-order valence-electron chi connectivity index (χ4n) is 2.54. The van der Waals surface area contributed by atoms with E-state index < -0.39 is 6.04 Å². The SMILES string of the molecule is Cc1cnc(NC(=O)CC(NC(=O)c2ccccc2)c2ccccc2)s1. The highest BCUT2D eigenvalue weighted by Crippen LogP contribution is 2.21. The molecule has 0 saturated heterocycles. The van der Waals surface area contributed by atoms with Gasteiger partial charge in [0.05, 0.1) is 12.5 Å². The van der Waals surface area contributed by atoms with Gasteiger partial charge in [-0.25, -0.2) is 4.98 Å². The summed E-state index contributed by atoms with van der Waals surface area (Å²) in [4.78, 5) is 30.1. The average molecular weight is 365 g/mol. The van der Waals surface area contributed by atoms with Gasteiger partial charge in [-0.2, -0.15) is 0 Å². The number of aryl methyl sites for hydroxylation is 1. The van der Waals surface area contributed by atoms with Crippen LogP contribution in [-0.2, 0) is 4.79 Å². The monoisotopic (exact) mass is 365 g/mol. The third-order valence-electron chi connectivity index (χ3n) is 3.80. The Morgan fingerprint density at radius 2 is 1.69 bits per heavy atom. The normalized spacial score (nSPS) is 11.6. The van der Waals surface area contributed by atoms with Gasteiger partial charge in [0.25, 0.3) is 5.91 Å². The number of thiazole rings is 1. The van der Waals surface area contributed by atoms with Crippen molar-refractivity contribution in [2.45, 2.75) is 19.4 Å². The van der Waals surface area contributed by atoms with Crippen LogP contribution in [0.2, 0.25) is 0 Å². The van der Waals surface area contributed by atoms with Gasteiger partial charge in [-0.3, -0.25) is 9.59 Å². The third-order valence-corrected chi connectivity index (χ3v) is 4.63. The molecule has 1 atom stereocenters. The van der Waals surface area contributed by atoms with Crippen molar-refractivity contribution in [3.8, 4) is 0 Å². The minimum atomic E-state index is -0.426. The van der Waals surface area contributed by atoms with E-state index in [0.717, 1.165) is 10.4 Å². The molecule has 0 fully saturated rings. The maximum atomic E-state index is 12.5. The van der Waals surface area contributed by atoms with Gasteiger partial charge in [0.2, 0.25) is 5.91 Å². The summed E-state index contributed by atoms with van der Waals surface area (Å²) in [7, 11) is 0. The van der Waals surface area contributed by atoms with E-state index in [-0.39, 0.29) is 18.2 Å². The van der Waals surface area contributed by atoms with Gasteiger partial charge in [-0.1, -0.05) is 48.5 Å². The Hall–Kier alpha value is -2.99. The largest absolute Gasteiger partial charge is 0.345 e. The summed E-state index contributed by atoms with van der Waals surface area (Å²) >= 11 is 1.42. The minimum Gasteiger partial charge on any atom is -0.345 e. The minimum absolute atomic E-state index is 0.126. The van der Waals surface area contributed by atoms with Crippen LogP contribution < -0.4 is 10.6 Å². The lowest BCUT2D eigenvalue weighted by atomic mass is 10.0. The molecule has 0 aliphatic carbocycles. The zero-order valence-corrected chi connectivity index (χ0v) is 15.1. The molecule has 2 N–H and O–H groups in total. The van der Waals surface area contributed by atoms with E-state index in [1.807, 2.05) is 55.5 Å². The number of anilines is 1. The second-order valence-electron chi connectivity index (χ2n) is 5.83. The van der Waals surface area contributed by atoms with Crippen molar-refractivity contribution >= 4 is 28.3 Å². The smallest absolute Gasteiger partial charge is 0.251 e. The Kier molecular flexibility index (Phi) is 5.76. The van der Waals surface area contributed by atoms with Crippen LogP contribution in [-0.4, -0.2) is 16.8 Å². The van der Waals surface area contributed by atoms with Gasteiger partial charge in [0.15, 0.2) is 5.13 Å². The lowest BCUT2D eigenvalue weighted by molar-refractivity contribution is -0.116. The third kappa shape index (κ3) is 4.77. The highest BCUT2D eigenvalue weighted by Gasteiger charge is 2.19. The molecule has 1 heterocycles. The zero-order valence-electron chi connectivity index (χ0n) is 14.3. The van der Waals surface area contributed by atoms with Gasteiger partial charge in [0.1, 0.15) is 0 Å². The Morgan fingerprint density at radius 1 is 1.04 bits per heavy atom. The van der Waals surface area contributed by atoms with Crippen molar-refractivity contribution in [3.05, 3.63) is 82.9 Å². The van der Waals surface area contributed by atoms with Crippen molar-refractivity contribution in [1.82, 2.24) is 10.3 Å². The van der Waals surface area contributed by atoms with E-state index in [1.54, 1.807) is 18.3 Å². The van der Waals surface area contributed by atoms with Crippen LogP contribution in [0.3, 0.4) is 0 Å². The van der Waals surface area contributed by atoms with Crippen molar-refractivity contribution in [2.24, 2.45) is 0 Å². The van der Waals surface area contributed by atoms with Crippen molar-refractivity contribution in [3.63, 3.8) is 0 Å². The summed E-state index contributed by atoms with van der Waals surface area (Å²) in [5.74, 6) is -0.404. The molecule has 2 aromatic carbocycles. The van der Waals surface area contributed by atoms with E-state index in [4.69, 9.17) is 0 Å². The van der Waals surface area contributed by atoms with Gasteiger partial charge in [0, 0.05) is 16.6 Å². The van der Waals surface area contributed by atoms with Crippen LogP contribution in [0.15, 0.2) is 66.9 Å². The molecule has 6 heteroatoms. The standard InChI is InChI=1S/C20H19N3O2S/c1-14-13-21-20(26-14)23-18(24)12-17(15-8-4-2-5-9-15)22-19(25)16-10-6-3-7-11-16/h2-11,13,17H,12H2,1H3,(H,22,25)(H,21,23,24). The molecule has 0 spiro atoms. The molecule has 1 aromatic heterocycles. The van der Waals surface area contributed by atoms with Crippen molar-refractivity contribution in [1.29, 1.82) is 0 Å². The number of aromatic nitrogens is 1. The molecule has 2 amide bonds. The first kappa shape index (κ1) is 17.8. The molecule has 3 aromatic rings. The summed E-state index contributed by atoms with van der Waals surface area (Å²) < 4.78 is 0. The Balaban J connectivity index is 1.73. The molecule has 132 valence electrons. The number of hydrogen-bond donors (Lipinski definition) is 2. The van der Waals surface area contributed by atoms with Crippen LogP contribution in [0.1, 0.15) is 33.3 Å². The lowest BCUT2D eigenvalue weighted by Crippen LogP contribution is -2.31. The molecular weight excluding hydrogens is 346 g/mol. The van der Waals surface area contributed by atoms with E-state index >= 15 is 0 Å². The highest BCUT2D eigenvalue weighted by molar-refractivity contribution is 7.15. The number of rotatable bonds is 6. The number of nitrogens with zero attached hydrogens (tertiary/aromatic N) is 1. The predicted molar refractivity (Wildman–Crippen MR) is 103 cm³/mol. The van der Waals surface area contributed by atoms with Crippen LogP contribution in [0, 0.1) is 6.92 Å². The number of nitrogens with one attached hydrogen (secondary N) is 2. The van der Waals surface area contributed by atoms with Gasteiger partial charge in [-0.05, 0) is 24.6 Å². The van der Waals surface area contributed by atoms with E-state index in [1.165, 1.54) is 11.3 Å². The van der Waals surface area contributed by atoms with Crippen molar-refractivity contribution < 1.29 is 9.59 Å². The number of hydrogen-bond acceptors (Lipinski definition) is 4. The zero-order chi connectivity index (χ0) is 18.4. The van der Waals surface area contributed by atoms with Crippen LogP contribution in [0.4, 0.5) is 5.13 Å². The number of benzene rings is 2. The van der Waals surface area contributed by atoms with Crippen LogP contribution in [0.5, 0.6) is 0 Å². The predicted octanol–water partition coefficient (Wildman–Crippen LogP) is 3.95.